The summed E-state index contributed by atoms with van der Waals surface area (Å²) >= 11 is 0. The fourth-order valence-corrected chi connectivity index (χ4v) is 2.77. The summed E-state index contributed by atoms with van der Waals surface area (Å²) in [5, 5.41) is 3.85. The number of amides is 1. The molecule has 0 fully saturated rings. The van der Waals surface area contributed by atoms with Crippen molar-refractivity contribution in [1.29, 1.82) is 0 Å². The lowest BCUT2D eigenvalue weighted by atomic mass is 10.1. The third-order valence-electron chi connectivity index (χ3n) is 3.90. The monoisotopic (exact) mass is 326 g/mol. The molecular weight excluding hydrogens is 307 g/mol. The molecule has 0 saturated heterocycles. The van der Waals surface area contributed by atoms with Crippen molar-refractivity contribution in [3.8, 4) is 5.75 Å². The first kappa shape index (κ1) is 16.1. The van der Waals surface area contributed by atoms with Crippen molar-refractivity contribution in [3.63, 3.8) is 0 Å². The number of ether oxygens (including phenoxy) is 1. The number of anilines is 1. The normalized spacial score (nSPS) is 10.8. The van der Waals surface area contributed by atoms with Crippen LogP contribution >= 0.6 is 0 Å². The Labute approximate surface area is 139 Å². The van der Waals surface area contributed by atoms with Gasteiger partial charge in [-0.2, -0.15) is 0 Å². The van der Waals surface area contributed by atoms with Crippen LogP contribution < -0.4 is 10.1 Å². The fourth-order valence-electron chi connectivity index (χ4n) is 2.77. The van der Waals surface area contributed by atoms with Gasteiger partial charge in [0.2, 0.25) is 0 Å². The van der Waals surface area contributed by atoms with Crippen molar-refractivity contribution in [1.82, 2.24) is 4.57 Å². The topological polar surface area (TPSA) is 43.3 Å². The zero-order valence-corrected chi connectivity index (χ0v) is 13.7. The van der Waals surface area contributed by atoms with Crippen LogP contribution in [0.3, 0.4) is 0 Å². The van der Waals surface area contributed by atoms with Crippen LogP contribution in [-0.2, 0) is 6.54 Å². The van der Waals surface area contributed by atoms with E-state index in [1.54, 1.807) is 0 Å². The summed E-state index contributed by atoms with van der Waals surface area (Å²) in [6, 6.07) is 11.6. The molecule has 1 heterocycles. The maximum Gasteiger partial charge on any atom is 0.259 e. The number of hydrogen-bond acceptors (Lipinski definition) is 2. The molecule has 0 aliphatic carbocycles. The summed E-state index contributed by atoms with van der Waals surface area (Å²) in [4.78, 5) is 12.4. The molecule has 1 N–H and O–H groups in total. The van der Waals surface area contributed by atoms with Crippen molar-refractivity contribution in [2.75, 3.05) is 12.4 Å². The highest BCUT2D eigenvalue weighted by Crippen LogP contribution is 2.24. The number of carbonyl (C=O) groups excluding carboxylic acids is 1. The molecule has 124 valence electrons. The van der Waals surface area contributed by atoms with Gasteiger partial charge < -0.3 is 14.6 Å². The van der Waals surface area contributed by atoms with Gasteiger partial charge in [-0.15, -0.1) is 0 Å². The number of methoxy groups -OCH3 is 1. The quantitative estimate of drug-likeness (QED) is 0.752. The number of nitrogens with one attached hydrogen (secondary N) is 1. The smallest absolute Gasteiger partial charge is 0.259 e. The Morgan fingerprint density at radius 1 is 1.21 bits per heavy atom. The number of fused-ring (bicyclic) bond motifs is 1. The van der Waals surface area contributed by atoms with Crippen molar-refractivity contribution >= 4 is 22.5 Å². The number of benzene rings is 2. The molecule has 0 spiro atoms. The molecule has 3 rings (SSSR count). The second kappa shape index (κ2) is 6.74. The van der Waals surface area contributed by atoms with E-state index in [4.69, 9.17) is 4.74 Å². The van der Waals surface area contributed by atoms with Crippen LogP contribution in [0.2, 0.25) is 0 Å². The molecule has 1 aromatic heterocycles. The predicted octanol–water partition coefficient (Wildman–Crippen LogP) is 4.45. The van der Waals surface area contributed by atoms with Gasteiger partial charge in [-0.05, 0) is 48.9 Å². The Balaban J connectivity index is 1.87. The zero-order valence-electron chi connectivity index (χ0n) is 13.7. The summed E-state index contributed by atoms with van der Waals surface area (Å²) < 4.78 is 20.7. The number of aromatic nitrogens is 1. The standard InChI is InChI=1S/C19H19FN2O2/c1-3-9-22-10-8-13-11-15(5-6-17(13)22)21-19(23)16-12-14(20)4-7-18(16)24-2/h4-8,10-12H,3,9H2,1-2H3,(H,21,23). The molecule has 24 heavy (non-hydrogen) atoms. The fraction of sp³-hybridized carbons (Fsp3) is 0.211. The molecule has 0 atom stereocenters. The van der Waals surface area contributed by atoms with E-state index in [0.29, 0.717) is 11.4 Å². The minimum Gasteiger partial charge on any atom is -0.496 e. The second-order valence-corrected chi connectivity index (χ2v) is 5.58. The molecule has 0 saturated carbocycles. The number of carbonyl (C=O) groups is 1. The van der Waals surface area contributed by atoms with E-state index in [-0.39, 0.29) is 5.56 Å². The van der Waals surface area contributed by atoms with E-state index in [1.165, 1.54) is 25.3 Å². The van der Waals surface area contributed by atoms with E-state index >= 15 is 0 Å². The van der Waals surface area contributed by atoms with Gasteiger partial charge in [0.15, 0.2) is 0 Å². The molecule has 5 heteroatoms. The van der Waals surface area contributed by atoms with Crippen LogP contribution in [-0.4, -0.2) is 17.6 Å². The summed E-state index contributed by atoms with van der Waals surface area (Å²) in [6.45, 7) is 3.09. The van der Waals surface area contributed by atoms with E-state index in [2.05, 4.69) is 16.8 Å². The van der Waals surface area contributed by atoms with Crippen molar-refractivity contribution in [3.05, 3.63) is 60.0 Å². The van der Waals surface area contributed by atoms with Crippen LogP contribution in [0.15, 0.2) is 48.7 Å². The Morgan fingerprint density at radius 2 is 2.04 bits per heavy atom. The molecule has 1 amide bonds. The number of hydrogen-bond donors (Lipinski definition) is 1. The number of halogens is 1. The van der Waals surface area contributed by atoms with E-state index in [0.717, 1.165) is 23.9 Å². The lowest BCUT2D eigenvalue weighted by molar-refractivity contribution is 0.102. The van der Waals surface area contributed by atoms with Gasteiger partial charge in [-0.25, -0.2) is 4.39 Å². The van der Waals surface area contributed by atoms with Gasteiger partial charge in [0, 0.05) is 29.3 Å². The second-order valence-electron chi connectivity index (χ2n) is 5.58. The average Bonchev–Trinajstić information content (AvgIpc) is 2.97. The highest BCUT2D eigenvalue weighted by atomic mass is 19.1. The van der Waals surface area contributed by atoms with Crippen LogP contribution in [0.25, 0.3) is 10.9 Å². The van der Waals surface area contributed by atoms with E-state index in [1.807, 2.05) is 30.5 Å². The van der Waals surface area contributed by atoms with Gasteiger partial charge in [0.05, 0.1) is 12.7 Å². The molecule has 0 aliphatic heterocycles. The molecule has 4 nitrogen and oxygen atoms in total. The minimum absolute atomic E-state index is 0.168. The summed E-state index contributed by atoms with van der Waals surface area (Å²) in [5.41, 5.74) is 1.95. The van der Waals surface area contributed by atoms with E-state index < -0.39 is 11.7 Å². The Hall–Kier alpha value is -2.82. The van der Waals surface area contributed by atoms with Crippen LogP contribution in [0, 0.1) is 5.82 Å². The van der Waals surface area contributed by atoms with Crippen molar-refractivity contribution in [2.24, 2.45) is 0 Å². The first-order valence-electron chi connectivity index (χ1n) is 7.86. The van der Waals surface area contributed by atoms with Crippen molar-refractivity contribution in [2.45, 2.75) is 19.9 Å². The van der Waals surface area contributed by atoms with Gasteiger partial charge in [-0.3, -0.25) is 4.79 Å². The number of nitrogens with zero attached hydrogens (tertiary/aromatic N) is 1. The number of rotatable bonds is 5. The average molecular weight is 326 g/mol. The lowest BCUT2D eigenvalue weighted by Crippen LogP contribution is -2.13. The first-order chi connectivity index (χ1) is 11.6. The highest BCUT2D eigenvalue weighted by Gasteiger charge is 2.14. The first-order valence-corrected chi connectivity index (χ1v) is 7.86. The maximum atomic E-state index is 13.4. The SMILES string of the molecule is CCCn1ccc2cc(NC(=O)c3cc(F)ccc3OC)ccc21. The summed E-state index contributed by atoms with van der Waals surface area (Å²) in [6.07, 6.45) is 3.09. The molecule has 2 aromatic carbocycles. The molecule has 0 bridgehead atoms. The number of aryl methyl sites for hydroxylation is 1. The van der Waals surface area contributed by atoms with Crippen LogP contribution in [0.1, 0.15) is 23.7 Å². The highest BCUT2D eigenvalue weighted by molar-refractivity contribution is 6.07. The minimum atomic E-state index is -0.479. The third kappa shape index (κ3) is 3.11. The summed E-state index contributed by atoms with van der Waals surface area (Å²) in [7, 11) is 1.45. The largest absolute Gasteiger partial charge is 0.496 e. The molecule has 0 aliphatic rings. The van der Waals surface area contributed by atoms with Gasteiger partial charge in [0.1, 0.15) is 11.6 Å². The Kier molecular flexibility index (Phi) is 4.51. The third-order valence-corrected chi connectivity index (χ3v) is 3.90. The zero-order chi connectivity index (χ0) is 17.1. The van der Waals surface area contributed by atoms with Crippen molar-refractivity contribution < 1.29 is 13.9 Å². The van der Waals surface area contributed by atoms with Gasteiger partial charge in [0.25, 0.3) is 5.91 Å². The Morgan fingerprint density at radius 3 is 2.79 bits per heavy atom. The van der Waals surface area contributed by atoms with Gasteiger partial charge >= 0.3 is 0 Å². The molecule has 0 radical (unpaired) electrons. The van der Waals surface area contributed by atoms with Gasteiger partial charge in [-0.1, -0.05) is 6.92 Å². The lowest BCUT2D eigenvalue weighted by Gasteiger charge is -2.10. The summed E-state index contributed by atoms with van der Waals surface area (Å²) in [5.74, 6) is -0.546. The maximum absolute atomic E-state index is 13.4. The Bertz CT molecular complexity index is 886. The van der Waals surface area contributed by atoms with E-state index in [9.17, 15) is 9.18 Å². The molecule has 3 aromatic rings. The molecular formula is C19H19FN2O2. The molecule has 0 unspecified atom stereocenters. The van der Waals surface area contributed by atoms with Crippen LogP contribution in [0.5, 0.6) is 5.75 Å². The predicted molar refractivity (Wildman–Crippen MR) is 93.1 cm³/mol. The van der Waals surface area contributed by atoms with Crippen LogP contribution in [0.4, 0.5) is 10.1 Å².